The lowest BCUT2D eigenvalue weighted by Crippen LogP contribution is -2.50. The predicted octanol–water partition coefficient (Wildman–Crippen LogP) is 1.28. The zero-order chi connectivity index (χ0) is 11.5. The normalized spacial score (nSPS) is 22.3. The molecule has 15 heavy (non-hydrogen) atoms. The minimum absolute atomic E-state index is 0.186. The van der Waals surface area contributed by atoms with Gasteiger partial charge in [-0.05, 0) is 27.7 Å². The third-order valence-electron chi connectivity index (χ3n) is 2.40. The summed E-state index contributed by atoms with van der Waals surface area (Å²) in [4.78, 5) is 0. The molecule has 1 aliphatic heterocycles. The average molecular weight is 212 g/mol. The lowest BCUT2D eigenvalue weighted by atomic mass is 9.95. The van der Waals surface area contributed by atoms with Crippen LogP contribution in [0.5, 0.6) is 0 Å². The number of ether oxygens (including phenoxy) is 2. The Morgan fingerprint density at radius 2 is 1.93 bits per heavy atom. The first-order chi connectivity index (χ1) is 6.85. The number of hydrogen-bond donors (Lipinski definition) is 1. The van der Waals surface area contributed by atoms with E-state index in [1.54, 1.807) is 0 Å². The molecule has 0 atom stereocenters. The Balaban J connectivity index is 2.29. The number of nitrogens with one attached hydrogen (secondary N) is 1. The summed E-state index contributed by atoms with van der Waals surface area (Å²) >= 11 is 0. The smallest absolute Gasteiger partial charge is 0.162 e. The van der Waals surface area contributed by atoms with Crippen LogP contribution in [0.3, 0.4) is 0 Å². The second kappa shape index (κ2) is 4.48. The molecule has 0 aromatic heterocycles. The first kappa shape index (κ1) is 12.4. The first-order valence-electron chi connectivity index (χ1n) is 5.27. The molecule has 0 bridgehead atoms. The molecule has 0 aliphatic carbocycles. The summed E-state index contributed by atoms with van der Waals surface area (Å²) in [5.74, 6) is -0.469. The van der Waals surface area contributed by atoms with Gasteiger partial charge in [0, 0.05) is 6.54 Å². The fourth-order valence-electron chi connectivity index (χ4n) is 1.25. The van der Waals surface area contributed by atoms with Crippen molar-refractivity contribution < 1.29 is 9.47 Å². The molecule has 1 fully saturated rings. The zero-order valence-corrected chi connectivity index (χ0v) is 9.96. The Hall–Kier alpha value is -0.630. The zero-order valence-electron chi connectivity index (χ0n) is 9.96. The highest BCUT2D eigenvalue weighted by molar-refractivity contribution is 4.94. The molecule has 1 aliphatic rings. The maximum Gasteiger partial charge on any atom is 0.162 e. The van der Waals surface area contributed by atoms with Gasteiger partial charge in [-0.25, -0.2) is 0 Å². The van der Waals surface area contributed by atoms with Gasteiger partial charge < -0.3 is 14.8 Å². The second-order valence-corrected chi connectivity index (χ2v) is 5.10. The maximum absolute atomic E-state index is 8.85. The van der Waals surface area contributed by atoms with Crippen LogP contribution in [0.2, 0.25) is 0 Å². The van der Waals surface area contributed by atoms with E-state index in [-0.39, 0.29) is 11.5 Å². The molecule has 4 heteroatoms. The molecule has 0 aromatic carbocycles. The van der Waals surface area contributed by atoms with Crippen molar-refractivity contribution in [3.05, 3.63) is 0 Å². The molecule has 0 saturated carbocycles. The SMILES string of the molecule is CC(C)(C#N)CNC1COC(C)(C)OC1. The van der Waals surface area contributed by atoms with Crippen molar-refractivity contribution in [3.63, 3.8) is 0 Å². The van der Waals surface area contributed by atoms with Crippen LogP contribution in [0.1, 0.15) is 27.7 Å². The van der Waals surface area contributed by atoms with E-state index in [2.05, 4.69) is 11.4 Å². The van der Waals surface area contributed by atoms with E-state index >= 15 is 0 Å². The van der Waals surface area contributed by atoms with Crippen LogP contribution < -0.4 is 5.32 Å². The van der Waals surface area contributed by atoms with Gasteiger partial charge in [-0.15, -0.1) is 0 Å². The van der Waals surface area contributed by atoms with Crippen LogP contribution in [-0.4, -0.2) is 31.6 Å². The van der Waals surface area contributed by atoms with Gasteiger partial charge in [0.1, 0.15) is 0 Å². The number of hydrogen-bond acceptors (Lipinski definition) is 4. The highest BCUT2D eigenvalue weighted by Crippen LogP contribution is 2.18. The van der Waals surface area contributed by atoms with Crippen LogP contribution in [0.25, 0.3) is 0 Å². The molecule has 0 unspecified atom stereocenters. The summed E-state index contributed by atoms with van der Waals surface area (Å²) in [6.07, 6.45) is 0. The fraction of sp³-hybridized carbons (Fsp3) is 0.909. The maximum atomic E-state index is 8.85. The van der Waals surface area contributed by atoms with Gasteiger partial charge >= 0.3 is 0 Å². The third kappa shape index (κ3) is 4.17. The van der Waals surface area contributed by atoms with Gasteiger partial charge in [0.2, 0.25) is 0 Å². The number of nitriles is 1. The van der Waals surface area contributed by atoms with Crippen molar-refractivity contribution in [1.82, 2.24) is 5.32 Å². The highest BCUT2D eigenvalue weighted by Gasteiger charge is 2.29. The molecular formula is C11H20N2O2. The van der Waals surface area contributed by atoms with E-state index in [1.807, 2.05) is 27.7 Å². The Morgan fingerprint density at radius 3 is 2.40 bits per heavy atom. The van der Waals surface area contributed by atoms with Crippen molar-refractivity contribution in [2.75, 3.05) is 19.8 Å². The summed E-state index contributed by atoms with van der Waals surface area (Å²) in [6.45, 7) is 9.55. The summed E-state index contributed by atoms with van der Waals surface area (Å²) in [7, 11) is 0. The number of rotatable bonds is 3. The van der Waals surface area contributed by atoms with E-state index in [9.17, 15) is 0 Å². The van der Waals surface area contributed by atoms with E-state index in [0.717, 1.165) is 0 Å². The first-order valence-corrected chi connectivity index (χ1v) is 5.27. The Labute approximate surface area is 91.6 Å². The molecule has 1 heterocycles. The minimum Gasteiger partial charge on any atom is -0.349 e. The van der Waals surface area contributed by atoms with Gasteiger partial charge in [-0.3, -0.25) is 0 Å². The molecule has 4 nitrogen and oxygen atoms in total. The minimum atomic E-state index is -0.469. The molecule has 0 aromatic rings. The second-order valence-electron chi connectivity index (χ2n) is 5.10. The summed E-state index contributed by atoms with van der Waals surface area (Å²) in [6, 6.07) is 2.44. The molecule has 1 N–H and O–H groups in total. The quantitative estimate of drug-likeness (QED) is 0.765. The van der Waals surface area contributed by atoms with E-state index in [0.29, 0.717) is 19.8 Å². The van der Waals surface area contributed by atoms with E-state index in [1.165, 1.54) is 0 Å². The van der Waals surface area contributed by atoms with Crippen LogP contribution in [0.4, 0.5) is 0 Å². The largest absolute Gasteiger partial charge is 0.349 e. The molecule has 1 saturated heterocycles. The Morgan fingerprint density at radius 1 is 1.40 bits per heavy atom. The van der Waals surface area contributed by atoms with Crippen LogP contribution in [0.15, 0.2) is 0 Å². The van der Waals surface area contributed by atoms with Crippen molar-refractivity contribution in [3.8, 4) is 6.07 Å². The van der Waals surface area contributed by atoms with Crippen LogP contribution in [-0.2, 0) is 9.47 Å². The van der Waals surface area contributed by atoms with Gasteiger partial charge in [-0.1, -0.05) is 0 Å². The van der Waals surface area contributed by atoms with Crippen LogP contribution >= 0.6 is 0 Å². The summed E-state index contributed by atoms with van der Waals surface area (Å²) in [5, 5.41) is 12.1. The molecular weight excluding hydrogens is 192 g/mol. The summed E-state index contributed by atoms with van der Waals surface area (Å²) < 4.78 is 11.0. The topological polar surface area (TPSA) is 54.3 Å². The van der Waals surface area contributed by atoms with Crippen molar-refractivity contribution in [2.45, 2.75) is 39.5 Å². The van der Waals surface area contributed by atoms with Crippen LogP contribution in [0, 0.1) is 16.7 Å². The van der Waals surface area contributed by atoms with E-state index in [4.69, 9.17) is 14.7 Å². The molecule has 0 radical (unpaired) electrons. The Kier molecular flexibility index (Phi) is 3.72. The molecule has 0 spiro atoms. The lowest BCUT2D eigenvalue weighted by molar-refractivity contribution is -0.253. The fourth-order valence-corrected chi connectivity index (χ4v) is 1.25. The standard InChI is InChI=1S/C11H20N2O2/c1-10(2,7-12)8-13-9-5-14-11(3,4)15-6-9/h9,13H,5-6,8H2,1-4H3. The molecule has 86 valence electrons. The highest BCUT2D eigenvalue weighted by atomic mass is 16.7. The van der Waals surface area contributed by atoms with Crippen molar-refractivity contribution in [1.29, 1.82) is 5.26 Å². The number of nitrogens with zero attached hydrogens (tertiary/aromatic N) is 1. The molecule has 1 rings (SSSR count). The summed E-state index contributed by atoms with van der Waals surface area (Å²) in [5.41, 5.74) is -0.340. The molecule has 0 amide bonds. The van der Waals surface area contributed by atoms with E-state index < -0.39 is 5.79 Å². The Bertz CT molecular complexity index is 246. The van der Waals surface area contributed by atoms with Gasteiger partial charge in [0.25, 0.3) is 0 Å². The third-order valence-corrected chi connectivity index (χ3v) is 2.40. The monoisotopic (exact) mass is 212 g/mol. The van der Waals surface area contributed by atoms with Gasteiger partial charge in [0.05, 0.1) is 30.7 Å². The van der Waals surface area contributed by atoms with Gasteiger partial charge in [0.15, 0.2) is 5.79 Å². The van der Waals surface area contributed by atoms with Crippen molar-refractivity contribution in [2.24, 2.45) is 5.41 Å². The predicted molar refractivity (Wildman–Crippen MR) is 57.2 cm³/mol. The lowest BCUT2D eigenvalue weighted by Gasteiger charge is -2.36. The van der Waals surface area contributed by atoms with Gasteiger partial charge in [-0.2, -0.15) is 5.26 Å². The van der Waals surface area contributed by atoms with Crippen molar-refractivity contribution >= 4 is 0 Å². The average Bonchev–Trinajstić information content (AvgIpc) is 2.16.